The van der Waals surface area contributed by atoms with Crippen molar-refractivity contribution in [1.29, 1.82) is 0 Å². The maximum Gasteiger partial charge on any atom is 0.244 e. The van der Waals surface area contributed by atoms with Crippen molar-refractivity contribution >= 4 is 17.5 Å². The third-order valence-corrected chi connectivity index (χ3v) is 3.16. The van der Waals surface area contributed by atoms with Gasteiger partial charge in [-0.25, -0.2) is 15.8 Å². The number of carbonyl (C=O) groups excluding carboxylic acids is 1. The quantitative estimate of drug-likeness (QED) is 0.509. The first-order valence-corrected chi connectivity index (χ1v) is 6.87. The van der Waals surface area contributed by atoms with Crippen molar-refractivity contribution in [2.45, 2.75) is 39.7 Å². The molecule has 0 saturated heterocycles. The highest BCUT2D eigenvalue weighted by atomic mass is 16.2. The van der Waals surface area contributed by atoms with E-state index in [1.807, 2.05) is 13.8 Å². The van der Waals surface area contributed by atoms with Gasteiger partial charge in [-0.15, -0.1) is 0 Å². The number of anilines is 2. The van der Waals surface area contributed by atoms with Crippen molar-refractivity contribution in [2.24, 2.45) is 5.84 Å². The summed E-state index contributed by atoms with van der Waals surface area (Å²) in [6, 6.07) is -0.351. The van der Waals surface area contributed by atoms with E-state index in [-0.39, 0.29) is 11.9 Å². The Kier molecular flexibility index (Phi) is 6.17. The van der Waals surface area contributed by atoms with Crippen LogP contribution in [0.3, 0.4) is 0 Å². The normalized spacial score (nSPS) is 11.8. The van der Waals surface area contributed by atoms with E-state index < -0.39 is 0 Å². The number of nitrogens with two attached hydrogens (primary N) is 1. The van der Waals surface area contributed by atoms with Crippen LogP contribution in [0.4, 0.5) is 11.6 Å². The maximum atomic E-state index is 12.1. The minimum Gasteiger partial charge on any atom is -0.358 e. The van der Waals surface area contributed by atoms with Crippen molar-refractivity contribution in [2.75, 3.05) is 24.3 Å². The highest BCUT2D eigenvalue weighted by Crippen LogP contribution is 2.21. The van der Waals surface area contributed by atoms with Crippen molar-refractivity contribution < 1.29 is 4.79 Å². The molecule has 1 aromatic rings. The zero-order chi connectivity index (χ0) is 15.1. The van der Waals surface area contributed by atoms with Crippen LogP contribution in [0.15, 0.2) is 6.33 Å². The topological polar surface area (TPSA) is 96.2 Å². The van der Waals surface area contributed by atoms with Crippen molar-refractivity contribution in [3.8, 4) is 0 Å². The van der Waals surface area contributed by atoms with E-state index in [1.165, 1.54) is 6.33 Å². The number of hydrazine groups is 1. The van der Waals surface area contributed by atoms with Crippen LogP contribution < -0.4 is 16.6 Å². The number of nitrogens with one attached hydrogen (secondary N) is 2. The van der Waals surface area contributed by atoms with E-state index in [0.717, 1.165) is 18.4 Å². The fourth-order valence-corrected chi connectivity index (χ4v) is 1.90. The van der Waals surface area contributed by atoms with Crippen LogP contribution >= 0.6 is 0 Å². The van der Waals surface area contributed by atoms with Crippen LogP contribution in [0.5, 0.6) is 0 Å². The lowest BCUT2D eigenvalue weighted by atomic mass is 10.1. The van der Waals surface area contributed by atoms with Gasteiger partial charge in [-0.2, -0.15) is 0 Å². The number of nitrogens with zero attached hydrogens (tertiary/aromatic N) is 3. The van der Waals surface area contributed by atoms with Crippen LogP contribution in [-0.2, 0) is 11.2 Å². The molecule has 1 amide bonds. The molecule has 0 radical (unpaired) electrons. The highest BCUT2D eigenvalue weighted by Gasteiger charge is 2.19. The molecular formula is C13H24N6O. The van der Waals surface area contributed by atoms with Gasteiger partial charge in [0.2, 0.25) is 5.91 Å². The number of nitrogen functional groups attached to an aromatic ring is 1. The molecule has 112 valence electrons. The van der Waals surface area contributed by atoms with Gasteiger partial charge < -0.3 is 15.6 Å². The molecule has 7 heteroatoms. The van der Waals surface area contributed by atoms with Gasteiger partial charge in [0.15, 0.2) is 0 Å². The first-order chi connectivity index (χ1) is 9.54. The number of rotatable bonds is 7. The lowest BCUT2D eigenvalue weighted by molar-refractivity contribution is -0.130. The molecule has 0 spiro atoms. The summed E-state index contributed by atoms with van der Waals surface area (Å²) in [5.41, 5.74) is 3.47. The van der Waals surface area contributed by atoms with Gasteiger partial charge in [0.1, 0.15) is 24.0 Å². The molecule has 7 nitrogen and oxygen atoms in total. The predicted molar refractivity (Wildman–Crippen MR) is 80.2 cm³/mol. The molecule has 1 heterocycles. The van der Waals surface area contributed by atoms with E-state index >= 15 is 0 Å². The molecule has 0 aliphatic carbocycles. The molecule has 0 saturated carbocycles. The van der Waals surface area contributed by atoms with Crippen LogP contribution in [0.25, 0.3) is 0 Å². The molecule has 0 bridgehead atoms. The van der Waals surface area contributed by atoms with E-state index in [0.29, 0.717) is 18.2 Å². The van der Waals surface area contributed by atoms with E-state index in [4.69, 9.17) is 5.84 Å². The SMILES string of the molecule is CCCc1c(NN)ncnc1NC(C)C(=O)N(C)CC. The van der Waals surface area contributed by atoms with E-state index in [9.17, 15) is 4.79 Å². The summed E-state index contributed by atoms with van der Waals surface area (Å²) in [5.74, 6) is 6.73. The minimum atomic E-state index is -0.351. The standard InChI is InChI=1S/C13H24N6O/c1-5-7-10-11(15-8-16-12(10)18-14)17-9(3)13(20)19(4)6-2/h8-9H,5-7,14H2,1-4H3,(H2,15,16,17,18). The Morgan fingerprint density at radius 1 is 1.40 bits per heavy atom. The predicted octanol–water partition coefficient (Wildman–Crippen LogP) is 0.993. The van der Waals surface area contributed by atoms with Gasteiger partial charge in [-0.05, 0) is 20.3 Å². The fraction of sp³-hybridized carbons (Fsp3) is 0.615. The van der Waals surface area contributed by atoms with Gasteiger partial charge in [0.05, 0.1) is 0 Å². The minimum absolute atomic E-state index is 0.0239. The molecule has 1 rings (SSSR count). The number of amides is 1. The van der Waals surface area contributed by atoms with Gasteiger partial charge in [-0.3, -0.25) is 4.79 Å². The molecule has 0 aromatic carbocycles. The van der Waals surface area contributed by atoms with Crippen LogP contribution in [0.1, 0.15) is 32.8 Å². The maximum absolute atomic E-state index is 12.1. The third-order valence-electron chi connectivity index (χ3n) is 3.16. The summed E-state index contributed by atoms with van der Waals surface area (Å²) in [6.07, 6.45) is 3.15. The average molecular weight is 280 g/mol. The Hall–Kier alpha value is -1.89. The average Bonchev–Trinajstić information content (AvgIpc) is 2.47. The second-order valence-electron chi connectivity index (χ2n) is 4.66. The smallest absolute Gasteiger partial charge is 0.244 e. The first kappa shape index (κ1) is 16.2. The first-order valence-electron chi connectivity index (χ1n) is 6.87. The second kappa shape index (κ2) is 7.64. The Balaban J connectivity index is 2.94. The van der Waals surface area contributed by atoms with Gasteiger partial charge in [-0.1, -0.05) is 13.3 Å². The summed E-state index contributed by atoms with van der Waals surface area (Å²) >= 11 is 0. The van der Waals surface area contributed by atoms with Crippen LogP contribution in [-0.4, -0.2) is 40.4 Å². The second-order valence-corrected chi connectivity index (χ2v) is 4.66. The molecule has 4 N–H and O–H groups in total. The van der Waals surface area contributed by atoms with Gasteiger partial charge in [0, 0.05) is 19.2 Å². The Bertz CT molecular complexity index is 450. The van der Waals surface area contributed by atoms with E-state index in [2.05, 4.69) is 27.6 Å². The molecule has 0 aliphatic rings. The molecule has 1 unspecified atom stereocenters. The lowest BCUT2D eigenvalue weighted by Crippen LogP contribution is -2.39. The third kappa shape index (κ3) is 3.80. The Morgan fingerprint density at radius 3 is 2.60 bits per heavy atom. The molecule has 20 heavy (non-hydrogen) atoms. The van der Waals surface area contributed by atoms with Crippen LogP contribution in [0, 0.1) is 0 Å². The zero-order valence-corrected chi connectivity index (χ0v) is 12.6. The number of hydrogen-bond acceptors (Lipinski definition) is 6. The summed E-state index contributed by atoms with van der Waals surface area (Å²) < 4.78 is 0. The fourth-order valence-electron chi connectivity index (χ4n) is 1.90. The molecule has 0 fully saturated rings. The Labute approximate surface area is 119 Å². The molecule has 1 atom stereocenters. The monoisotopic (exact) mass is 280 g/mol. The summed E-state index contributed by atoms with van der Waals surface area (Å²) in [7, 11) is 1.78. The highest BCUT2D eigenvalue weighted by molar-refractivity contribution is 5.84. The van der Waals surface area contributed by atoms with Gasteiger partial charge in [0.25, 0.3) is 0 Å². The van der Waals surface area contributed by atoms with Crippen molar-refractivity contribution in [1.82, 2.24) is 14.9 Å². The molecule has 0 aliphatic heterocycles. The van der Waals surface area contributed by atoms with Crippen molar-refractivity contribution in [3.05, 3.63) is 11.9 Å². The Morgan fingerprint density at radius 2 is 2.05 bits per heavy atom. The summed E-state index contributed by atoms with van der Waals surface area (Å²) in [6.45, 7) is 6.50. The largest absolute Gasteiger partial charge is 0.358 e. The molecular weight excluding hydrogens is 256 g/mol. The van der Waals surface area contributed by atoms with Crippen molar-refractivity contribution in [3.63, 3.8) is 0 Å². The number of hydrogen-bond donors (Lipinski definition) is 3. The van der Waals surface area contributed by atoms with E-state index in [1.54, 1.807) is 11.9 Å². The molecule has 1 aromatic heterocycles. The number of likely N-dealkylation sites (N-methyl/N-ethyl adjacent to an activating group) is 1. The number of aromatic nitrogens is 2. The number of carbonyl (C=O) groups is 1. The zero-order valence-electron chi connectivity index (χ0n) is 12.6. The van der Waals surface area contributed by atoms with Crippen LogP contribution in [0.2, 0.25) is 0 Å². The lowest BCUT2D eigenvalue weighted by Gasteiger charge is -2.22. The van der Waals surface area contributed by atoms with Gasteiger partial charge >= 0.3 is 0 Å². The summed E-state index contributed by atoms with van der Waals surface area (Å²) in [5, 5.41) is 3.15. The summed E-state index contributed by atoms with van der Waals surface area (Å²) in [4.78, 5) is 22.1.